The number of halogens is 2. The lowest BCUT2D eigenvalue weighted by atomic mass is 9.95. The number of nitrogens with zero attached hydrogens (tertiary/aromatic N) is 2. The summed E-state index contributed by atoms with van der Waals surface area (Å²) >= 11 is 6.95. The molecule has 2 heterocycles. The van der Waals surface area contributed by atoms with Crippen molar-refractivity contribution in [3.8, 4) is 28.3 Å². The van der Waals surface area contributed by atoms with Crippen LogP contribution in [0.25, 0.3) is 22.4 Å². The summed E-state index contributed by atoms with van der Waals surface area (Å²) in [5.74, 6) is -0.0253. The first-order valence-corrected chi connectivity index (χ1v) is 14.5. The predicted octanol–water partition coefficient (Wildman–Crippen LogP) is 8.17. The smallest absolute Gasteiger partial charge is 0.257 e. The number of hydrogen-bond acceptors (Lipinski definition) is 4. The molecule has 2 aliphatic carbocycles. The number of allylic oxidation sites excluding steroid dienone is 4. The Hall–Kier alpha value is -3.90. The van der Waals surface area contributed by atoms with E-state index in [0.29, 0.717) is 34.0 Å². The van der Waals surface area contributed by atoms with E-state index in [1.807, 2.05) is 50.4 Å². The van der Waals surface area contributed by atoms with Gasteiger partial charge in [0.1, 0.15) is 5.82 Å². The molecule has 1 amide bonds. The Morgan fingerprint density at radius 3 is 2.66 bits per heavy atom. The minimum Gasteiger partial charge on any atom is -0.481 e. The van der Waals surface area contributed by atoms with E-state index in [-0.39, 0.29) is 16.5 Å². The zero-order valence-electron chi connectivity index (χ0n) is 23.8. The number of pyridine rings is 1. The molecule has 1 saturated carbocycles. The van der Waals surface area contributed by atoms with Crippen molar-refractivity contribution in [3.05, 3.63) is 98.6 Å². The predicted molar refractivity (Wildman–Crippen MR) is 163 cm³/mol. The van der Waals surface area contributed by atoms with Gasteiger partial charge in [-0.1, -0.05) is 30.7 Å². The number of nitrogens with one attached hydrogen (secondary N) is 1. The first-order valence-electron chi connectivity index (χ1n) is 14.2. The van der Waals surface area contributed by atoms with Crippen LogP contribution in [0.5, 0.6) is 5.88 Å². The number of amides is 1. The number of ether oxygens (including phenoxy) is 1. The standard InChI is InChI=1S/C34H33ClFN3O2/c1-5-22-14-15-26(32(39(22)3)20-12-13-20)33(40)37-28-11-7-9-23(19(28)2)30-27(36)17-16-25(31(30)35)29-18-21-8-6-10-24(21)34(38-29)41-4/h7,9,11,14-18H,5-6,8,10,12-13H2,1-4H3,(H,37,40). The van der Waals surface area contributed by atoms with E-state index in [4.69, 9.17) is 21.3 Å². The molecule has 5 nitrogen and oxygen atoms in total. The monoisotopic (exact) mass is 569 g/mol. The summed E-state index contributed by atoms with van der Waals surface area (Å²) in [7, 11) is 3.64. The van der Waals surface area contributed by atoms with Gasteiger partial charge in [0.05, 0.1) is 29.1 Å². The molecular weight excluding hydrogens is 537 g/mol. The maximum Gasteiger partial charge on any atom is 0.257 e. The number of carbonyl (C=O) groups excluding carboxylic acids is 1. The van der Waals surface area contributed by atoms with Crippen LogP contribution in [0.4, 0.5) is 10.1 Å². The molecule has 3 aromatic rings. The number of fused-ring (bicyclic) bond motifs is 1. The fraction of sp³-hybridized carbons (Fsp3) is 0.294. The van der Waals surface area contributed by atoms with Gasteiger partial charge in [0.2, 0.25) is 5.88 Å². The third kappa shape index (κ3) is 4.84. The van der Waals surface area contributed by atoms with Crippen molar-refractivity contribution >= 4 is 23.2 Å². The van der Waals surface area contributed by atoms with E-state index < -0.39 is 5.82 Å². The van der Waals surface area contributed by atoms with E-state index in [1.54, 1.807) is 13.2 Å². The van der Waals surface area contributed by atoms with Gasteiger partial charge in [-0.15, -0.1) is 0 Å². The molecule has 1 aliphatic heterocycles. The highest BCUT2D eigenvalue weighted by molar-refractivity contribution is 6.36. The molecule has 0 radical (unpaired) electrons. The molecule has 1 fully saturated rings. The van der Waals surface area contributed by atoms with Gasteiger partial charge in [-0.25, -0.2) is 9.37 Å². The topological polar surface area (TPSA) is 54.5 Å². The summed E-state index contributed by atoms with van der Waals surface area (Å²) in [5, 5.41) is 3.37. The van der Waals surface area contributed by atoms with Gasteiger partial charge in [-0.2, -0.15) is 0 Å². The van der Waals surface area contributed by atoms with Crippen LogP contribution >= 0.6 is 11.6 Å². The van der Waals surface area contributed by atoms with Crippen LogP contribution in [0, 0.1) is 12.7 Å². The highest BCUT2D eigenvalue weighted by Crippen LogP contribution is 2.43. The van der Waals surface area contributed by atoms with Crippen molar-refractivity contribution in [3.63, 3.8) is 0 Å². The number of benzene rings is 2. The maximum atomic E-state index is 15.5. The number of likely N-dealkylation sites (N-methyl/N-ethyl adjacent to an activating group) is 1. The molecule has 7 heteroatoms. The Labute approximate surface area is 245 Å². The Morgan fingerprint density at radius 1 is 1.12 bits per heavy atom. The molecule has 0 spiro atoms. The number of rotatable bonds is 6. The molecule has 0 atom stereocenters. The number of hydrogen-bond donors (Lipinski definition) is 1. The summed E-state index contributed by atoms with van der Waals surface area (Å²) in [6.45, 7) is 3.99. The fourth-order valence-corrected chi connectivity index (χ4v) is 6.39. The van der Waals surface area contributed by atoms with Crippen molar-refractivity contribution in [1.29, 1.82) is 0 Å². The van der Waals surface area contributed by atoms with Crippen LogP contribution in [-0.2, 0) is 17.6 Å². The number of carbonyl (C=O) groups is 1. The summed E-state index contributed by atoms with van der Waals surface area (Å²) in [6, 6.07) is 10.6. The van der Waals surface area contributed by atoms with E-state index in [9.17, 15) is 4.79 Å². The van der Waals surface area contributed by atoms with Crippen molar-refractivity contribution < 1.29 is 13.9 Å². The molecule has 2 aromatic carbocycles. The lowest BCUT2D eigenvalue weighted by Crippen LogP contribution is -2.27. The Balaban J connectivity index is 1.37. The summed E-state index contributed by atoms with van der Waals surface area (Å²) in [5.41, 5.74) is 9.97. The van der Waals surface area contributed by atoms with Crippen molar-refractivity contribution in [2.75, 3.05) is 19.5 Å². The molecular formula is C34H33ClFN3O2. The number of aryl methyl sites for hydroxylation is 1. The second-order valence-electron chi connectivity index (χ2n) is 10.8. The minimum absolute atomic E-state index is 0.187. The van der Waals surface area contributed by atoms with Gasteiger partial charge in [0, 0.05) is 35.1 Å². The Kier molecular flexibility index (Phi) is 7.20. The minimum atomic E-state index is -0.437. The zero-order valence-corrected chi connectivity index (χ0v) is 24.6. The molecule has 1 N–H and O–H groups in total. The molecule has 3 aliphatic rings. The SMILES string of the molecule is CCC1=CC=C(C(=O)Nc2cccc(-c3c(F)ccc(-c4cc5c(c(OC)n4)CCC5)c3Cl)c2C)C(=C2CC2)N1C. The highest BCUT2D eigenvalue weighted by Gasteiger charge is 2.30. The van der Waals surface area contributed by atoms with Gasteiger partial charge < -0.3 is 15.0 Å². The van der Waals surface area contributed by atoms with E-state index >= 15 is 4.39 Å². The lowest BCUT2D eigenvalue weighted by Gasteiger charge is -2.29. The summed E-state index contributed by atoms with van der Waals surface area (Å²) in [4.78, 5) is 20.4. The first kappa shape index (κ1) is 27.3. The van der Waals surface area contributed by atoms with Crippen LogP contribution in [-0.4, -0.2) is 29.9 Å². The van der Waals surface area contributed by atoms with Crippen molar-refractivity contribution in [2.24, 2.45) is 0 Å². The quantitative estimate of drug-likeness (QED) is 0.325. The summed E-state index contributed by atoms with van der Waals surface area (Å²) in [6.07, 6.45) is 9.77. The summed E-state index contributed by atoms with van der Waals surface area (Å²) < 4.78 is 21.1. The van der Waals surface area contributed by atoms with Gasteiger partial charge in [-0.3, -0.25) is 4.79 Å². The Morgan fingerprint density at radius 2 is 1.93 bits per heavy atom. The normalized spacial score (nSPS) is 15.9. The first-order chi connectivity index (χ1) is 19.8. The molecule has 6 rings (SSSR count). The fourth-order valence-electron chi connectivity index (χ4n) is 6.04. The van der Waals surface area contributed by atoms with Crippen molar-refractivity contribution in [2.45, 2.75) is 52.4 Å². The number of anilines is 1. The van der Waals surface area contributed by atoms with Crippen LogP contribution in [0.15, 0.2) is 71.1 Å². The van der Waals surface area contributed by atoms with E-state index in [2.05, 4.69) is 17.1 Å². The zero-order chi connectivity index (χ0) is 28.8. The number of aromatic nitrogens is 1. The average Bonchev–Trinajstić information content (AvgIpc) is 3.69. The van der Waals surface area contributed by atoms with Crippen LogP contribution in [0.3, 0.4) is 0 Å². The molecule has 210 valence electrons. The number of methoxy groups -OCH3 is 1. The van der Waals surface area contributed by atoms with Gasteiger partial charge >= 0.3 is 0 Å². The Bertz CT molecular complexity index is 1680. The molecule has 41 heavy (non-hydrogen) atoms. The molecule has 0 saturated heterocycles. The van der Waals surface area contributed by atoms with Gasteiger partial charge in [-0.05, 0) is 104 Å². The average molecular weight is 570 g/mol. The van der Waals surface area contributed by atoms with E-state index in [1.165, 1.54) is 22.9 Å². The molecule has 1 aromatic heterocycles. The maximum absolute atomic E-state index is 15.5. The van der Waals surface area contributed by atoms with Gasteiger partial charge in [0.15, 0.2) is 0 Å². The molecule has 0 unspecified atom stereocenters. The van der Waals surface area contributed by atoms with Crippen LogP contribution in [0.1, 0.15) is 49.3 Å². The second kappa shape index (κ2) is 10.8. The third-order valence-corrected chi connectivity index (χ3v) is 8.76. The molecule has 0 bridgehead atoms. The highest BCUT2D eigenvalue weighted by atomic mass is 35.5. The van der Waals surface area contributed by atoms with Crippen molar-refractivity contribution in [1.82, 2.24) is 9.88 Å². The van der Waals surface area contributed by atoms with E-state index in [0.717, 1.165) is 55.3 Å². The van der Waals surface area contributed by atoms with Gasteiger partial charge in [0.25, 0.3) is 5.91 Å². The third-order valence-electron chi connectivity index (χ3n) is 8.37. The van der Waals surface area contributed by atoms with Crippen LogP contribution < -0.4 is 10.1 Å². The van der Waals surface area contributed by atoms with Crippen LogP contribution in [0.2, 0.25) is 5.02 Å². The largest absolute Gasteiger partial charge is 0.481 e. The lowest BCUT2D eigenvalue weighted by molar-refractivity contribution is -0.112. The second-order valence-corrected chi connectivity index (χ2v) is 11.2.